The summed E-state index contributed by atoms with van der Waals surface area (Å²) in [5.74, 6) is 0.522. The van der Waals surface area contributed by atoms with Gasteiger partial charge in [-0.15, -0.1) is 11.3 Å². The molecule has 5 rings (SSSR count). The van der Waals surface area contributed by atoms with E-state index < -0.39 is 0 Å². The van der Waals surface area contributed by atoms with Gasteiger partial charge in [0.25, 0.3) is 5.91 Å². The number of para-hydroxylation sites is 1. The molecule has 1 saturated heterocycles. The highest BCUT2D eigenvalue weighted by molar-refractivity contribution is 7.14. The first-order chi connectivity index (χ1) is 15.2. The minimum Gasteiger partial charge on any atom is -0.467 e. The average molecular weight is 437 g/mol. The number of amides is 1. The largest absolute Gasteiger partial charge is 0.467 e. The number of carbonyl (C=O) groups is 1. The number of hydrogen-bond acceptors (Lipinski definition) is 6. The first-order valence-electron chi connectivity index (χ1n) is 11.1. The summed E-state index contributed by atoms with van der Waals surface area (Å²) >= 11 is 1.48. The van der Waals surface area contributed by atoms with Crippen molar-refractivity contribution in [1.82, 2.24) is 9.88 Å². The third-order valence-corrected chi connectivity index (χ3v) is 7.07. The molecular formula is C24H28N4O2S. The van der Waals surface area contributed by atoms with E-state index in [-0.39, 0.29) is 5.91 Å². The van der Waals surface area contributed by atoms with Gasteiger partial charge in [0.05, 0.1) is 24.1 Å². The third kappa shape index (κ3) is 4.38. The number of nitrogens with one attached hydrogen (secondary N) is 1. The van der Waals surface area contributed by atoms with Crippen LogP contribution in [0.5, 0.6) is 0 Å². The first kappa shape index (κ1) is 20.3. The second-order valence-corrected chi connectivity index (χ2v) is 9.36. The molecule has 4 heterocycles. The monoisotopic (exact) mass is 436 g/mol. The summed E-state index contributed by atoms with van der Waals surface area (Å²) in [6.07, 6.45) is 6.45. The zero-order valence-electron chi connectivity index (χ0n) is 17.8. The molecule has 2 aromatic heterocycles. The third-order valence-electron chi connectivity index (χ3n) is 6.26. The van der Waals surface area contributed by atoms with Gasteiger partial charge in [-0.05, 0) is 57.0 Å². The molecule has 162 valence electrons. The Bertz CT molecular complexity index is 1050. The summed E-state index contributed by atoms with van der Waals surface area (Å²) in [5.41, 5.74) is 4.16. The Hall–Kier alpha value is -2.64. The molecule has 1 N–H and O–H groups in total. The Labute approximate surface area is 186 Å². The molecule has 6 nitrogen and oxygen atoms in total. The maximum atomic E-state index is 13.0. The second-order valence-electron chi connectivity index (χ2n) is 8.50. The molecule has 0 spiro atoms. The van der Waals surface area contributed by atoms with Gasteiger partial charge in [-0.2, -0.15) is 0 Å². The van der Waals surface area contributed by atoms with Crippen molar-refractivity contribution >= 4 is 28.1 Å². The highest BCUT2D eigenvalue weighted by Crippen LogP contribution is 2.33. The Balaban J connectivity index is 1.25. The summed E-state index contributed by atoms with van der Waals surface area (Å²) in [5, 5.41) is 5.66. The minimum absolute atomic E-state index is 0.164. The number of likely N-dealkylation sites (tertiary alicyclic amines) is 1. The van der Waals surface area contributed by atoms with Crippen LogP contribution >= 0.6 is 11.3 Å². The van der Waals surface area contributed by atoms with Crippen molar-refractivity contribution < 1.29 is 9.21 Å². The number of thiazole rings is 1. The smallest absolute Gasteiger partial charge is 0.261 e. The van der Waals surface area contributed by atoms with Crippen molar-refractivity contribution in [3.05, 3.63) is 64.6 Å². The Morgan fingerprint density at radius 1 is 1.19 bits per heavy atom. The standard InChI is InChI=1S/C24H28N4O2S/c1-17-13-18-7-3-4-8-21(18)28(17)15-22-20(9-12-30-22)23(29)26-24-25-19(16-31-24)14-27-10-5-2-6-11-27/h3-4,7-9,12,16-17H,2,5-6,10-11,13-15H2,1H3,(H,25,26,29). The predicted molar refractivity (Wildman–Crippen MR) is 124 cm³/mol. The van der Waals surface area contributed by atoms with E-state index >= 15 is 0 Å². The predicted octanol–water partition coefficient (Wildman–Crippen LogP) is 4.93. The molecule has 1 aromatic carbocycles. The highest BCUT2D eigenvalue weighted by atomic mass is 32.1. The van der Waals surface area contributed by atoms with E-state index in [4.69, 9.17) is 4.42 Å². The number of nitrogens with zero attached hydrogens (tertiary/aromatic N) is 3. The molecule has 1 atom stereocenters. The summed E-state index contributed by atoms with van der Waals surface area (Å²) in [6.45, 7) is 5.91. The topological polar surface area (TPSA) is 61.6 Å². The van der Waals surface area contributed by atoms with Crippen LogP contribution in [0, 0.1) is 0 Å². The molecule has 0 bridgehead atoms. The van der Waals surface area contributed by atoms with Crippen LogP contribution in [0.25, 0.3) is 0 Å². The Morgan fingerprint density at radius 3 is 2.90 bits per heavy atom. The van der Waals surface area contributed by atoms with Crippen LogP contribution < -0.4 is 10.2 Å². The van der Waals surface area contributed by atoms with Gasteiger partial charge in [0, 0.05) is 23.7 Å². The summed E-state index contributed by atoms with van der Waals surface area (Å²) < 4.78 is 5.73. The fourth-order valence-corrected chi connectivity index (χ4v) is 5.34. The zero-order valence-corrected chi connectivity index (χ0v) is 18.7. The number of anilines is 2. The molecule has 1 amide bonds. The fourth-order valence-electron chi connectivity index (χ4n) is 4.64. The number of benzene rings is 1. The van der Waals surface area contributed by atoms with E-state index in [1.54, 1.807) is 12.3 Å². The summed E-state index contributed by atoms with van der Waals surface area (Å²) in [7, 11) is 0. The molecule has 0 radical (unpaired) electrons. The minimum atomic E-state index is -0.164. The number of aromatic nitrogens is 1. The molecular weight excluding hydrogens is 408 g/mol. The van der Waals surface area contributed by atoms with E-state index in [0.29, 0.717) is 29.0 Å². The molecule has 7 heteroatoms. The van der Waals surface area contributed by atoms with E-state index in [2.05, 4.69) is 51.3 Å². The first-order valence-corrected chi connectivity index (χ1v) is 11.9. The quantitative estimate of drug-likeness (QED) is 0.594. The molecule has 1 fully saturated rings. The number of hydrogen-bond donors (Lipinski definition) is 1. The SMILES string of the molecule is CC1Cc2ccccc2N1Cc1occc1C(=O)Nc1nc(CN2CCCCC2)cs1. The van der Waals surface area contributed by atoms with E-state index in [1.807, 2.05) is 5.38 Å². The lowest BCUT2D eigenvalue weighted by Crippen LogP contribution is -2.29. The molecule has 3 aromatic rings. The lowest BCUT2D eigenvalue weighted by Gasteiger charge is -2.25. The number of piperidine rings is 1. The lowest BCUT2D eigenvalue weighted by atomic mass is 10.1. The van der Waals surface area contributed by atoms with Crippen molar-refractivity contribution in [2.24, 2.45) is 0 Å². The van der Waals surface area contributed by atoms with Crippen LogP contribution in [0.1, 0.15) is 53.6 Å². The number of rotatable bonds is 6. The van der Waals surface area contributed by atoms with Crippen LogP contribution in [-0.2, 0) is 19.5 Å². The van der Waals surface area contributed by atoms with Crippen molar-refractivity contribution in [2.75, 3.05) is 23.3 Å². The molecule has 0 saturated carbocycles. The molecule has 2 aliphatic heterocycles. The van der Waals surface area contributed by atoms with E-state index in [9.17, 15) is 4.79 Å². The van der Waals surface area contributed by atoms with Crippen LogP contribution in [0.2, 0.25) is 0 Å². The number of carbonyl (C=O) groups excluding carboxylic acids is 1. The van der Waals surface area contributed by atoms with Gasteiger partial charge in [0.15, 0.2) is 5.13 Å². The molecule has 0 aliphatic carbocycles. The molecule has 31 heavy (non-hydrogen) atoms. The van der Waals surface area contributed by atoms with Gasteiger partial charge in [-0.1, -0.05) is 24.6 Å². The van der Waals surface area contributed by atoms with Gasteiger partial charge in [0.2, 0.25) is 0 Å². The summed E-state index contributed by atoms with van der Waals surface area (Å²) in [6, 6.07) is 10.6. The second kappa shape index (κ2) is 8.85. The van der Waals surface area contributed by atoms with Crippen LogP contribution in [-0.4, -0.2) is 34.9 Å². The van der Waals surface area contributed by atoms with Crippen molar-refractivity contribution in [3.8, 4) is 0 Å². The fraction of sp³-hybridized carbons (Fsp3) is 0.417. The van der Waals surface area contributed by atoms with Crippen molar-refractivity contribution in [1.29, 1.82) is 0 Å². The maximum absolute atomic E-state index is 13.0. The van der Waals surface area contributed by atoms with Gasteiger partial charge >= 0.3 is 0 Å². The highest BCUT2D eigenvalue weighted by Gasteiger charge is 2.28. The maximum Gasteiger partial charge on any atom is 0.261 e. The zero-order chi connectivity index (χ0) is 21.2. The Morgan fingerprint density at radius 2 is 2.03 bits per heavy atom. The number of furan rings is 1. The van der Waals surface area contributed by atoms with Crippen LogP contribution in [0.3, 0.4) is 0 Å². The van der Waals surface area contributed by atoms with E-state index in [0.717, 1.165) is 31.7 Å². The van der Waals surface area contributed by atoms with Gasteiger partial charge in [-0.25, -0.2) is 4.98 Å². The average Bonchev–Trinajstić information content (AvgIpc) is 3.49. The summed E-state index contributed by atoms with van der Waals surface area (Å²) in [4.78, 5) is 22.3. The van der Waals surface area contributed by atoms with Gasteiger partial charge in [-0.3, -0.25) is 15.0 Å². The van der Waals surface area contributed by atoms with Gasteiger partial charge in [0.1, 0.15) is 5.76 Å². The molecule has 1 unspecified atom stereocenters. The van der Waals surface area contributed by atoms with Gasteiger partial charge < -0.3 is 9.32 Å². The Kier molecular flexibility index (Phi) is 5.78. The lowest BCUT2D eigenvalue weighted by molar-refractivity contribution is 0.102. The van der Waals surface area contributed by atoms with Crippen LogP contribution in [0.15, 0.2) is 46.4 Å². The molecule has 2 aliphatic rings. The number of fused-ring (bicyclic) bond motifs is 1. The normalized spacial score (nSPS) is 18.9. The van der Waals surface area contributed by atoms with E-state index in [1.165, 1.54) is 41.9 Å². The van der Waals surface area contributed by atoms with Crippen molar-refractivity contribution in [2.45, 2.75) is 51.7 Å². The van der Waals surface area contributed by atoms with Crippen LogP contribution in [0.4, 0.5) is 10.8 Å². The van der Waals surface area contributed by atoms with Crippen molar-refractivity contribution in [3.63, 3.8) is 0 Å².